The molecule has 0 aromatic carbocycles. The second kappa shape index (κ2) is 3.76. The Morgan fingerprint density at radius 2 is 2.08 bits per heavy atom. The molecule has 1 heteroatoms. The van der Waals surface area contributed by atoms with Gasteiger partial charge in [-0.1, -0.05) is 25.7 Å². The van der Waals surface area contributed by atoms with Gasteiger partial charge in [0.2, 0.25) is 0 Å². The average Bonchev–Trinajstić information content (AvgIpc) is 2.54. The maximum atomic E-state index is 11.7. The van der Waals surface area contributed by atoms with Crippen LogP contribution >= 0.6 is 0 Å². The van der Waals surface area contributed by atoms with Crippen molar-refractivity contribution in [2.75, 3.05) is 0 Å². The van der Waals surface area contributed by atoms with Gasteiger partial charge in [0.1, 0.15) is 0 Å². The molecule has 1 saturated carbocycles. The van der Waals surface area contributed by atoms with Gasteiger partial charge in [0.05, 0.1) is 6.42 Å². The highest BCUT2D eigenvalue weighted by molar-refractivity contribution is 5.86. The van der Waals surface area contributed by atoms with Crippen molar-refractivity contribution in [3.8, 4) is 12.3 Å². The molecule has 0 aromatic heterocycles. The van der Waals surface area contributed by atoms with Gasteiger partial charge in [-0.05, 0) is 19.3 Å². The highest BCUT2D eigenvalue weighted by Gasteiger charge is 2.37. The predicted octanol–water partition coefficient (Wildman–Crippen LogP) is 2.55. The fourth-order valence-electron chi connectivity index (χ4n) is 2.16. The topological polar surface area (TPSA) is 17.1 Å². The molecule has 1 nitrogen and oxygen atoms in total. The van der Waals surface area contributed by atoms with Crippen molar-refractivity contribution in [1.82, 2.24) is 0 Å². The summed E-state index contributed by atoms with van der Waals surface area (Å²) in [6.07, 6.45) is 10.9. The second-order valence-corrected chi connectivity index (χ2v) is 3.65. The maximum Gasteiger partial charge on any atom is 0.150 e. The van der Waals surface area contributed by atoms with Crippen LogP contribution in [0.5, 0.6) is 0 Å². The van der Waals surface area contributed by atoms with Gasteiger partial charge < -0.3 is 0 Å². The summed E-state index contributed by atoms with van der Waals surface area (Å²) in [5, 5.41) is 0. The highest BCUT2D eigenvalue weighted by atomic mass is 16.1. The molecule has 0 heterocycles. The molecule has 0 amide bonds. The third-order valence-corrected chi connectivity index (χ3v) is 3.09. The first-order valence-corrected chi connectivity index (χ1v) is 4.72. The summed E-state index contributed by atoms with van der Waals surface area (Å²) >= 11 is 0. The molecular weight excluding hydrogens is 148 g/mol. The minimum atomic E-state index is -0.0353. The van der Waals surface area contributed by atoms with Crippen LogP contribution in [0.2, 0.25) is 0 Å². The first-order chi connectivity index (χ1) is 5.75. The normalized spacial score (nSPS) is 20.3. The Labute approximate surface area is 74.5 Å². The second-order valence-electron chi connectivity index (χ2n) is 3.65. The van der Waals surface area contributed by atoms with Crippen LogP contribution in [0.15, 0.2) is 0 Å². The lowest BCUT2D eigenvalue weighted by molar-refractivity contribution is -0.127. The van der Waals surface area contributed by atoms with Crippen molar-refractivity contribution in [2.45, 2.75) is 45.4 Å². The Balaban J connectivity index is 2.67. The zero-order valence-corrected chi connectivity index (χ0v) is 7.73. The van der Waals surface area contributed by atoms with Gasteiger partial charge in [-0.3, -0.25) is 4.79 Å². The molecular formula is C11H16O. The Morgan fingerprint density at radius 3 is 2.50 bits per heavy atom. The molecule has 12 heavy (non-hydrogen) atoms. The molecule has 1 aliphatic rings. The van der Waals surface area contributed by atoms with Crippen LogP contribution in [0.1, 0.15) is 45.4 Å². The Hall–Kier alpha value is -0.770. The van der Waals surface area contributed by atoms with Crippen molar-refractivity contribution < 1.29 is 4.79 Å². The first-order valence-electron chi connectivity index (χ1n) is 4.72. The van der Waals surface area contributed by atoms with E-state index in [-0.39, 0.29) is 5.41 Å². The zero-order chi connectivity index (χ0) is 9.03. The molecule has 1 aliphatic carbocycles. The Morgan fingerprint density at radius 1 is 1.50 bits per heavy atom. The van der Waals surface area contributed by atoms with Crippen molar-refractivity contribution in [3.05, 3.63) is 0 Å². The van der Waals surface area contributed by atoms with Gasteiger partial charge in [-0.2, -0.15) is 0 Å². The molecule has 0 aliphatic heterocycles. The van der Waals surface area contributed by atoms with Crippen LogP contribution < -0.4 is 0 Å². The molecule has 0 radical (unpaired) electrons. The largest absolute Gasteiger partial charge is 0.298 e. The molecule has 0 bridgehead atoms. The van der Waals surface area contributed by atoms with E-state index in [0.717, 1.165) is 19.3 Å². The summed E-state index contributed by atoms with van der Waals surface area (Å²) in [5.74, 6) is 2.75. The van der Waals surface area contributed by atoms with Crippen LogP contribution in [-0.4, -0.2) is 5.78 Å². The van der Waals surface area contributed by atoms with Crippen LogP contribution in [0.25, 0.3) is 0 Å². The molecule has 0 N–H and O–H groups in total. The number of Topliss-reactive ketones (excluding diaryl/α,β-unsaturated/α-hetero) is 1. The lowest BCUT2D eigenvalue weighted by Crippen LogP contribution is -2.26. The smallest absolute Gasteiger partial charge is 0.150 e. The number of hydrogen-bond acceptors (Lipinski definition) is 1. The van der Waals surface area contributed by atoms with E-state index in [1.165, 1.54) is 12.8 Å². The minimum absolute atomic E-state index is 0.0353. The number of carbonyl (C=O) groups is 1. The van der Waals surface area contributed by atoms with Crippen molar-refractivity contribution in [1.29, 1.82) is 0 Å². The predicted molar refractivity (Wildman–Crippen MR) is 49.6 cm³/mol. The number of carbonyl (C=O) groups excluding carboxylic acids is 1. The molecule has 0 saturated heterocycles. The van der Waals surface area contributed by atoms with E-state index in [9.17, 15) is 4.79 Å². The SMILES string of the molecule is C#CCC(=O)C1(CC)CCCC1. The van der Waals surface area contributed by atoms with Gasteiger partial charge in [0.15, 0.2) is 5.78 Å². The number of ketones is 1. The third kappa shape index (κ3) is 1.53. The van der Waals surface area contributed by atoms with Crippen molar-refractivity contribution >= 4 is 5.78 Å². The summed E-state index contributed by atoms with van der Waals surface area (Å²) in [4.78, 5) is 11.7. The fraction of sp³-hybridized carbons (Fsp3) is 0.727. The highest BCUT2D eigenvalue weighted by Crippen LogP contribution is 2.42. The van der Waals surface area contributed by atoms with Gasteiger partial charge in [0, 0.05) is 5.41 Å². The summed E-state index contributed by atoms with van der Waals surface area (Å²) in [6, 6.07) is 0. The zero-order valence-electron chi connectivity index (χ0n) is 7.73. The van der Waals surface area contributed by atoms with Crippen LogP contribution in [-0.2, 0) is 4.79 Å². The lowest BCUT2D eigenvalue weighted by atomic mass is 9.78. The molecule has 1 rings (SSSR count). The van der Waals surface area contributed by atoms with Gasteiger partial charge in [0.25, 0.3) is 0 Å². The molecule has 0 unspecified atom stereocenters. The van der Waals surface area contributed by atoms with E-state index in [1.54, 1.807) is 0 Å². The monoisotopic (exact) mass is 164 g/mol. The summed E-state index contributed by atoms with van der Waals surface area (Å²) in [6.45, 7) is 2.10. The van der Waals surface area contributed by atoms with Gasteiger partial charge in [-0.15, -0.1) is 6.42 Å². The van der Waals surface area contributed by atoms with E-state index < -0.39 is 0 Å². The average molecular weight is 164 g/mol. The summed E-state index contributed by atoms with van der Waals surface area (Å²) in [5.41, 5.74) is -0.0353. The van der Waals surface area contributed by atoms with E-state index in [4.69, 9.17) is 6.42 Å². The third-order valence-electron chi connectivity index (χ3n) is 3.09. The maximum absolute atomic E-state index is 11.7. The Bertz CT molecular complexity index is 204. The number of hydrogen-bond donors (Lipinski definition) is 0. The molecule has 66 valence electrons. The van der Waals surface area contributed by atoms with E-state index in [1.807, 2.05) is 0 Å². The van der Waals surface area contributed by atoms with Crippen LogP contribution in [0.4, 0.5) is 0 Å². The summed E-state index contributed by atoms with van der Waals surface area (Å²) in [7, 11) is 0. The standard InChI is InChI=1S/C11H16O/c1-3-7-10(12)11(4-2)8-5-6-9-11/h1H,4-9H2,2H3. The van der Waals surface area contributed by atoms with E-state index in [0.29, 0.717) is 12.2 Å². The number of terminal acetylenes is 1. The number of rotatable bonds is 3. The van der Waals surface area contributed by atoms with E-state index in [2.05, 4.69) is 12.8 Å². The Kier molecular flexibility index (Phi) is 2.92. The first kappa shape index (κ1) is 9.32. The van der Waals surface area contributed by atoms with Crippen molar-refractivity contribution in [3.63, 3.8) is 0 Å². The van der Waals surface area contributed by atoms with Crippen LogP contribution in [0.3, 0.4) is 0 Å². The fourth-order valence-corrected chi connectivity index (χ4v) is 2.16. The molecule has 0 atom stereocenters. The van der Waals surface area contributed by atoms with Crippen LogP contribution in [0, 0.1) is 17.8 Å². The molecule has 0 spiro atoms. The minimum Gasteiger partial charge on any atom is -0.298 e. The summed E-state index contributed by atoms with van der Waals surface area (Å²) < 4.78 is 0. The molecule has 0 aromatic rings. The quantitative estimate of drug-likeness (QED) is 0.586. The lowest BCUT2D eigenvalue weighted by Gasteiger charge is -2.24. The van der Waals surface area contributed by atoms with Gasteiger partial charge >= 0.3 is 0 Å². The molecule has 1 fully saturated rings. The van der Waals surface area contributed by atoms with Crippen molar-refractivity contribution in [2.24, 2.45) is 5.41 Å². The van der Waals surface area contributed by atoms with Gasteiger partial charge in [-0.25, -0.2) is 0 Å². The van der Waals surface area contributed by atoms with E-state index >= 15 is 0 Å².